The highest BCUT2D eigenvalue weighted by Crippen LogP contribution is 2.24. The highest BCUT2D eigenvalue weighted by molar-refractivity contribution is 9.10. The Labute approximate surface area is 96.6 Å². The standard InChI is InChI=1S/C11H12BrNS/c1-13-10(7-14-2)6-8-5-9(12)3-4-11(8)13/h3-6H,7H2,1-2H3. The van der Waals surface area contributed by atoms with Crippen LogP contribution in [0.15, 0.2) is 28.7 Å². The molecule has 14 heavy (non-hydrogen) atoms. The SMILES string of the molecule is CSCc1cc2cc(Br)ccc2n1C. The molecule has 0 bridgehead atoms. The summed E-state index contributed by atoms with van der Waals surface area (Å²) in [5, 5.41) is 1.31. The highest BCUT2D eigenvalue weighted by Gasteiger charge is 2.04. The predicted molar refractivity (Wildman–Crippen MR) is 67.8 cm³/mol. The van der Waals surface area contributed by atoms with E-state index >= 15 is 0 Å². The Balaban J connectivity index is 2.61. The largest absolute Gasteiger partial charge is 0.347 e. The van der Waals surface area contributed by atoms with E-state index in [2.05, 4.69) is 58.1 Å². The van der Waals surface area contributed by atoms with Gasteiger partial charge in [0.25, 0.3) is 0 Å². The van der Waals surface area contributed by atoms with Gasteiger partial charge < -0.3 is 4.57 Å². The van der Waals surface area contributed by atoms with Crippen LogP contribution in [0.5, 0.6) is 0 Å². The molecule has 0 unspecified atom stereocenters. The molecule has 0 aliphatic rings. The number of fused-ring (bicyclic) bond motifs is 1. The summed E-state index contributed by atoms with van der Waals surface area (Å²) in [4.78, 5) is 0. The van der Waals surface area contributed by atoms with Crippen molar-refractivity contribution in [1.29, 1.82) is 0 Å². The Morgan fingerprint density at radius 2 is 2.14 bits per heavy atom. The Hall–Kier alpha value is -0.410. The zero-order valence-corrected chi connectivity index (χ0v) is 10.7. The lowest BCUT2D eigenvalue weighted by Crippen LogP contribution is -1.92. The van der Waals surface area contributed by atoms with Crippen LogP contribution in [-0.4, -0.2) is 10.8 Å². The number of hydrogen-bond donors (Lipinski definition) is 0. The Kier molecular flexibility index (Phi) is 2.88. The highest BCUT2D eigenvalue weighted by atomic mass is 79.9. The van der Waals surface area contributed by atoms with Gasteiger partial charge in [0, 0.05) is 33.9 Å². The lowest BCUT2D eigenvalue weighted by atomic mass is 10.2. The molecule has 0 N–H and O–H groups in total. The fourth-order valence-corrected chi connectivity index (χ4v) is 2.62. The number of aryl methyl sites for hydroxylation is 1. The van der Waals surface area contributed by atoms with E-state index < -0.39 is 0 Å². The predicted octanol–water partition coefficient (Wildman–Crippen LogP) is 3.80. The molecule has 0 amide bonds. The van der Waals surface area contributed by atoms with E-state index in [0.717, 1.165) is 10.2 Å². The van der Waals surface area contributed by atoms with Gasteiger partial charge in [-0.1, -0.05) is 15.9 Å². The third-order valence-corrected chi connectivity index (χ3v) is 3.47. The number of rotatable bonds is 2. The molecule has 0 spiro atoms. The molecule has 2 aromatic rings. The zero-order chi connectivity index (χ0) is 10.1. The van der Waals surface area contributed by atoms with Crippen molar-refractivity contribution < 1.29 is 0 Å². The number of aromatic nitrogens is 1. The second-order valence-corrected chi connectivity index (χ2v) is 5.11. The third-order valence-electron chi connectivity index (χ3n) is 2.40. The van der Waals surface area contributed by atoms with E-state index in [9.17, 15) is 0 Å². The fourth-order valence-electron chi connectivity index (χ4n) is 1.66. The number of halogens is 1. The smallest absolute Gasteiger partial charge is 0.0480 e. The summed E-state index contributed by atoms with van der Waals surface area (Å²) in [7, 11) is 2.13. The van der Waals surface area contributed by atoms with Gasteiger partial charge in [0.05, 0.1) is 0 Å². The van der Waals surface area contributed by atoms with Crippen LogP contribution in [0.25, 0.3) is 10.9 Å². The number of nitrogens with zero attached hydrogens (tertiary/aromatic N) is 1. The van der Waals surface area contributed by atoms with Crippen LogP contribution < -0.4 is 0 Å². The maximum atomic E-state index is 3.49. The first-order valence-corrected chi connectivity index (χ1v) is 6.64. The first-order chi connectivity index (χ1) is 6.72. The molecule has 0 saturated carbocycles. The van der Waals surface area contributed by atoms with Crippen LogP contribution in [0.4, 0.5) is 0 Å². The van der Waals surface area contributed by atoms with Gasteiger partial charge in [0.1, 0.15) is 0 Å². The second-order valence-electron chi connectivity index (χ2n) is 3.33. The summed E-state index contributed by atoms with van der Waals surface area (Å²) in [6.45, 7) is 0. The van der Waals surface area contributed by atoms with Crippen LogP contribution in [0.3, 0.4) is 0 Å². The zero-order valence-electron chi connectivity index (χ0n) is 8.25. The van der Waals surface area contributed by atoms with Gasteiger partial charge >= 0.3 is 0 Å². The van der Waals surface area contributed by atoms with E-state index in [0.29, 0.717) is 0 Å². The fraction of sp³-hybridized carbons (Fsp3) is 0.273. The van der Waals surface area contributed by atoms with Gasteiger partial charge in [0.15, 0.2) is 0 Å². The summed E-state index contributed by atoms with van der Waals surface area (Å²) >= 11 is 5.35. The molecule has 1 aromatic heterocycles. The maximum Gasteiger partial charge on any atom is 0.0480 e. The minimum atomic E-state index is 1.07. The van der Waals surface area contributed by atoms with Crippen molar-refractivity contribution in [3.05, 3.63) is 34.4 Å². The van der Waals surface area contributed by atoms with E-state index in [4.69, 9.17) is 0 Å². The molecule has 74 valence electrons. The van der Waals surface area contributed by atoms with Crippen LogP contribution in [0, 0.1) is 0 Å². The maximum absolute atomic E-state index is 3.49. The minimum absolute atomic E-state index is 1.07. The lowest BCUT2D eigenvalue weighted by molar-refractivity contribution is 0.910. The summed E-state index contributed by atoms with van der Waals surface area (Å²) in [6, 6.07) is 8.67. The molecule has 1 nitrogen and oxygen atoms in total. The topological polar surface area (TPSA) is 4.93 Å². The van der Waals surface area contributed by atoms with E-state index in [1.165, 1.54) is 16.6 Å². The first-order valence-electron chi connectivity index (χ1n) is 4.45. The summed E-state index contributed by atoms with van der Waals surface area (Å²) in [5.41, 5.74) is 2.68. The molecule has 0 aliphatic heterocycles. The van der Waals surface area contributed by atoms with Crippen molar-refractivity contribution in [2.24, 2.45) is 7.05 Å². The molecule has 0 saturated heterocycles. The van der Waals surface area contributed by atoms with Gasteiger partial charge in [-0.05, 0) is 30.5 Å². The molecule has 1 heterocycles. The third kappa shape index (κ3) is 1.71. The average Bonchev–Trinajstić information content (AvgIpc) is 2.44. The van der Waals surface area contributed by atoms with Gasteiger partial charge in [-0.2, -0.15) is 11.8 Å². The van der Waals surface area contributed by atoms with Gasteiger partial charge in [0.2, 0.25) is 0 Å². The van der Waals surface area contributed by atoms with E-state index in [-0.39, 0.29) is 0 Å². The number of benzene rings is 1. The van der Waals surface area contributed by atoms with Gasteiger partial charge in [-0.15, -0.1) is 0 Å². The van der Waals surface area contributed by atoms with Crippen molar-refractivity contribution >= 4 is 38.6 Å². The Bertz CT molecular complexity index is 462. The molecule has 0 radical (unpaired) electrons. The lowest BCUT2D eigenvalue weighted by Gasteiger charge is -2.01. The van der Waals surface area contributed by atoms with Crippen molar-refractivity contribution in [2.45, 2.75) is 5.75 Å². The van der Waals surface area contributed by atoms with Crippen LogP contribution >= 0.6 is 27.7 Å². The molecule has 3 heteroatoms. The second kappa shape index (κ2) is 3.99. The Morgan fingerprint density at radius 3 is 2.86 bits per heavy atom. The van der Waals surface area contributed by atoms with Crippen molar-refractivity contribution in [3.8, 4) is 0 Å². The molecular weight excluding hydrogens is 258 g/mol. The summed E-state index contributed by atoms with van der Waals surface area (Å²) in [5.74, 6) is 1.07. The monoisotopic (exact) mass is 269 g/mol. The minimum Gasteiger partial charge on any atom is -0.347 e. The van der Waals surface area contributed by atoms with E-state index in [1.807, 2.05) is 11.8 Å². The van der Waals surface area contributed by atoms with E-state index in [1.54, 1.807) is 0 Å². The van der Waals surface area contributed by atoms with Crippen molar-refractivity contribution in [3.63, 3.8) is 0 Å². The quantitative estimate of drug-likeness (QED) is 0.803. The van der Waals surface area contributed by atoms with Gasteiger partial charge in [-0.25, -0.2) is 0 Å². The summed E-state index contributed by atoms with van der Waals surface area (Å²) in [6.07, 6.45) is 2.13. The molecule has 1 aromatic carbocycles. The average molecular weight is 270 g/mol. The Morgan fingerprint density at radius 1 is 1.36 bits per heavy atom. The molecule has 2 rings (SSSR count). The molecule has 0 aliphatic carbocycles. The molecule has 0 fully saturated rings. The van der Waals surface area contributed by atoms with Crippen molar-refractivity contribution in [1.82, 2.24) is 4.57 Å². The van der Waals surface area contributed by atoms with Gasteiger partial charge in [-0.3, -0.25) is 0 Å². The van der Waals surface area contributed by atoms with Crippen LogP contribution in [0.1, 0.15) is 5.69 Å². The van der Waals surface area contributed by atoms with Crippen LogP contribution in [0.2, 0.25) is 0 Å². The molecule has 0 atom stereocenters. The molecular formula is C11H12BrNS. The van der Waals surface area contributed by atoms with Crippen LogP contribution in [-0.2, 0) is 12.8 Å². The van der Waals surface area contributed by atoms with Crippen molar-refractivity contribution in [2.75, 3.05) is 6.26 Å². The first kappa shape index (κ1) is 10.1. The normalized spacial score (nSPS) is 11.1. The summed E-state index contributed by atoms with van der Waals surface area (Å²) < 4.78 is 3.41. The number of thioether (sulfide) groups is 1. The number of hydrogen-bond acceptors (Lipinski definition) is 1.